The van der Waals surface area contributed by atoms with Crippen molar-refractivity contribution in [2.24, 2.45) is 11.8 Å². The average Bonchev–Trinajstić information content (AvgIpc) is 3.24. The number of nitrogens with one attached hydrogen (secondary N) is 1. The molecule has 8 heteroatoms. The Balaban J connectivity index is 1.16. The number of nitrogens with zero attached hydrogens (tertiary/aromatic N) is 1. The molecule has 1 saturated heterocycles. The van der Waals surface area contributed by atoms with Crippen LogP contribution in [-0.2, 0) is 20.7 Å². The molecule has 3 aliphatic rings. The Hall–Kier alpha value is -2.48. The molecule has 1 amide bonds. The summed E-state index contributed by atoms with van der Waals surface area (Å²) in [6.07, 6.45) is 7.37. The summed E-state index contributed by atoms with van der Waals surface area (Å²) < 4.78 is 6.19. The molecule has 5 rings (SSSR count). The minimum Gasteiger partial charge on any atom is -0.481 e. The summed E-state index contributed by atoms with van der Waals surface area (Å²) in [5, 5.41) is 14.4. The number of amides is 1. The smallest absolute Gasteiger partial charge is 0.306 e. The van der Waals surface area contributed by atoms with E-state index in [1.807, 2.05) is 23.1 Å². The van der Waals surface area contributed by atoms with E-state index in [-0.39, 0.29) is 24.0 Å². The number of hydrogen-bond donors (Lipinski definition) is 2. The maximum absolute atomic E-state index is 13.4. The van der Waals surface area contributed by atoms with Crippen LogP contribution in [0.15, 0.2) is 58.5 Å². The summed E-state index contributed by atoms with van der Waals surface area (Å²) in [5.41, 5.74) is 3.10. The fourth-order valence-electron chi connectivity index (χ4n) is 6.15. The van der Waals surface area contributed by atoms with Gasteiger partial charge in [0.2, 0.25) is 5.91 Å². The van der Waals surface area contributed by atoms with Gasteiger partial charge in [-0.2, -0.15) is 0 Å². The van der Waals surface area contributed by atoms with Gasteiger partial charge in [-0.15, -0.1) is 0 Å². The number of carboxylic acid groups (broad SMARTS) is 1. The Morgan fingerprint density at radius 2 is 1.90 bits per heavy atom. The van der Waals surface area contributed by atoms with Gasteiger partial charge in [0, 0.05) is 11.4 Å². The van der Waals surface area contributed by atoms with E-state index in [9.17, 15) is 14.7 Å². The molecule has 0 radical (unpaired) electrons. The lowest BCUT2D eigenvalue weighted by molar-refractivity contribution is -0.144. The number of carboxylic acids is 1. The Morgan fingerprint density at radius 3 is 2.65 bits per heavy atom. The number of halogens is 1. The van der Waals surface area contributed by atoms with E-state index in [4.69, 9.17) is 16.3 Å². The van der Waals surface area contributed by atoms with Crippen molar-refractivity contribution in [2.75, 3.05) is 18.5 Å². The number of likely N-dealkylation sites (tertiary alicyclic amines) is 1. The molecule has 1 aliphatic carbocycles. The van der Waals surface area contributed by atoms with Crippen LogP contribution >= 0.6 is 23.4 Å². The van der Waals surface area contributed by atoms with Gasteiger partial charge >= 0.3 is 5.97 Å². The summed E-state index contributed by atoms with van der Waals surface area (Å²) in [6.45, 7) is 5.67. The highest BCUT2D eigenvalue weighted by Crippen LogP contribution is 2.40. The van der Waals surface area contributed by atoms with Crippen LogP contribution < -0.4 is 5.32 Å². The van der Waals surface area contributed by atoms with Crippen LogP contribution in [-0.4, -0.2) is 47.2 Å². The SMILES string of the molecule is CC1C[C@@H](COC2CCC(C(=O)O)CC2)N(C(=O)Cc2ccc(NC3=CCC(C)c4ccccc4S3)c(Cl)c2)C1. The lowest BCUT2D eigenvalue weighted by atomic mass is 9.87. The van der Waals surface area contributed by atoms with Crippen molar-refractivity contribution < 1.29 is 19.4 Å². The molecular weight excluding hydrogens is 544 g/mol. The molecule has 2 aliphatic heterocycles. The molecule has 0 aromatic heterocycles. The largest absolute Gasteiger partial charge is 0.481 e. The van der Waals surface area contributed by atoms with Gasteiger partial charge in [-0.3, -0.25) is 9.59 Å². The maximum atomic E-state index is 13.4. The van der Waals surface area contributed by atoms with E-state index in [2.05, 4.69) is 49.5 Å². The summed E-state index contributed by atoms with van der Waals surface area (Å²) in [6, 6.07) is 14.4. The molecule has 0 spiro atoms. The number of carbonyl (C=O) groups is 2. The number of carbonyl (C=O) groups excluding carboxylic acids is 1. The zero-order valence-electron chi connectivity index (χ0n) is 23.3. The predicted octanol–water partition coefficient (Wildman–Crippen LogP) is 7.33. The molecule has 0 bridgehead atoms. The molecule has 2 N–H and O–H groups in total. The Bertz CT molecular complexity index is 1260. The lowest BCUT2D eigenvalue weighted by Gasteiger charge is -2.30. The van der Waals surface area contributed by atoms with Gasteiger partial charge in [0.05, 0.1) is 46.8 Å². The Labute approximate surface area is 246 Å². The number of hydrogen-bond acceptors (Lipinski definition) is 5. The molecule has 2 unspecified atom stereocenters. The number of anilines is 1. The topological polar surface area (TPSA) is 78.9 Å². The van der Waals surface area contributed by atoms with E-state index in [1.54, 1.807) is 11.8 Å². The molecule has 2 aromatic carbocycles. The van der Waals surface area contributed by atoms with Crippen LogP contribution in [0, 0.1) is 11.8 Å². The van der Waals surface area contributed by atoms with E-state index in [0.29, 0.717) is 42.7 Å². The van der Waals surface area contributed by atoms with Crippen molar-refractivity contribution in [3.8, 4) is 0 Å². The maximum Gasteiger partial charge on any atom is 0.306 e. The summed E-state index contributed by atoms with van der Waals surface area (Å²) in [7, 11) is 0. The standard InChI is InChI=1S/C32H39ClN2O4S/c1-20-15-24(19-39-25-11-9-23(10-12-25)32(37)38)35(18-20)31(36)17-22-8-13-28(27(33)16-22)34-30-14-7-21(2)26-5-3-4-6-29(26)40-30/h3-6,8,13-14,16,20-21,23-25,34H,7,9-12,15,17-19H2,1-2H3,(H,37,38)/t20?,21?,23?,24-,25?/m0/s1. The van der Waals surface area contributed by atoms with E-state index < -0.39 is 5.97 Å². The van der Waals surface area contributed by atoms with Crippen molar-refractivity contribution >= 4 is 40.9 Å². The van der Waals surface area contributed by atoms with Crippen LogP contribution in [0.4, 0.5) is 5.69 Å². The second-order valence-corrected chi connectivity index (χ2v) is 13.1. The summed E-state index contributed by atoms with van der Waals surface area (Å²) >= 11 is 8.42. The quantitative estimate of drug-likeness (QED) is 0.339. The molecule has 2 aromatic rings. The molecular formula is C32H39ClN2O4S. The molecule has 3 atom stereocenters. The van der Waals surface area contributed by atoms with Crippen molar-refractivity contribution in [1.82, 2.24) is 4.90 Å². The number of thioether (sulfide) groups is 1. The highest BCUT2D eigenvalue weighted by Gasteiger charge is 2.34. The highest BCUT2D eigenvalue weighted by atomic mass is 35.5. The first-order valence-electron chi connectivity index (χ1n) is 14.4. The zero-order valence-corrected chi connectivity index (χ0v) is 24.8. The number of aliphatic carboxylic acids is 1. The Morgan fingerprint density at radius 1 is 1.12 bits per heavy atom. The van der Waals surface area contributed by atoms with Crippen LogP contribution in [0.25, 0.3) is 0 Å². The first kappa shape index (κ1) is 29.0. The van der Waals surface area contributed by atoms with Crippen molar-refractivity contribution in [3.63, 3.8) is 0 Å². The van der Waals surface area contributed by atoms with Crippen LogP contribution in [0.1, 0.15) is 69.4 Å². The predicted molar refractivity (Wildman–Crippen MR) is 161 cm³/mol. The van der Waals surface area contributed by atoms with E-state index in [0.717, 1.165) is 48.5 Å². The summed E-state index contributed by atoms with van der Waals surface area (Å²) in [4.78, 5) is 27.8. The van der Waals surface area contributed by atoms with Crippen LogP contribution in [0.5, 0.6) is 0 Å². The minimum atomic E-state index is -0.704. The molecule has 2 heterocycles. The molecule has 2 fully saturated rings. The average molecular weight is 583 g/mol. The second-order valence-electron chi connectivity index (χ2n) is 11.6. The monoisotopic (exact) mass is 582 g/mol. The highest BCUT2D eigenvalue weighted by molar-refractivity contribution is 8.03. The van der Waals surface area contributed by atoms with Crippen LogP contribution in [0.2, 0.25) is 5.02 Å². The summed E-state index contributed by atoms with van der Waals surface area (Å²) in [5.74, 6) is 0.0254. The van der Waals surface area contributed by atoms with Crippen molar-refractivity contribution in [2.45, 2.75) is 81.8 Å². The van der Waals surface area contributed by atoms with Crippen LogP contribution in [0.3, 0.4) is 0 Å². The molecule has 214 valence electrons. The number of benzene rings is 2. The second kappa shape index (κ2) is 13.0. The third-order valence-corrected chi connectivity index (χ3v) is 9.86. The Kier molecular flexibility index (Phi) is 9.44. The number of ether oxygens (including phenoxy) is 1. The first-order valence-corrected chi connectivity index (χ1v) is 15.6. The van der Waals surface area contributed by atoms with Gasteiger partial charge in [-0.1, -0.05) is 67.6 Å². The van der Waals surface area contributed by atoms with Gasteiger partial charge in [0.1, 0.15) is 0 Å². The van der Waals surface area contributed by atoms with Gasteiger partial charge in [0.15, 0.2) is 0 Å². The first-order chi connectivity index (χ1) is 19.3. The van der Waals surface area contributed by atoms with Gasteiger partial charge in [-0.25, -0.2) is 0 Å². The minimum absolute atomic E-state index is 0.0561. The number of fused-ring (bicyclic) bond motifs is 1. The third kappa shape index (κ3) is 7.04. The van der Waals surface area contributed by atoms with Crippen molar-refractivity contribution in [3.05, 3.63) is 69.7 Å². The third-order valence-electron chi connectivity index (χ3n) is 8.47. The molecule has 1 saturated carbocycles. The normalized spacial score (nSPS) is 26.5. The number of allylic oxidation sites excluding steroid dienone is 1. The van der Waals surface area contributed by atoms with Gasteiger partial charge in [0.25, 0.3) is 0 Å². The number of rotatable bonds is 8. The van der Waals surface area contributed by atoms with Gasteiger partial charge in [-0.05, 0) is 79.7 Å². The van der Waals surface area contributed by atoms with E-state index >= 15 is 0 Å². The zero-order chi connectivity index (χ0) is 28.2. The lowest BCUT2D eigenvalue weighted by Crippen LogP contribution is -2.40. The van der Waals surface area contributed by atoms with Gasteiger partial charge < -0.3 is 20.1 Å². The molecule has 40 heavy (non-hydrogen) atoms. The fraction of sp³-hybridized carbons (Fsp3) is 0.500. The fourth-order valence-corrected chi connectivity index (χ4v) is 7.51. The van der Waals surface area contributed by atoms with Crippen molar-refractivity contribution in [1.29, 1.82) is 0 Å². The van der Waals surface area contributed by atoms with E-state index in [1.165, 1.54) is 10.5 Å². The molecule has 6 nitrogen and oxygen atoms in total.